The maximum atomic E-state index is 13.4. The lowest BCUT2D eigenvalue weighted by molar-refractivity contribution is 0.0491. The Bertz CT molecular complexity index is 992. The van der Waals surface area contributed by atoms with Crippen LogP contribution in [0.5, 0.6) is 0 Å². The lowest BCUT2D eigenvalue weighted by Gasteiger charge is -2.35. The number of carbonyl (C=O) groups excluding carboxylic acids is 1. The summed E-state index contributed by atoms with van der Waals surface area (Å²) in [6.07, 6.45) is 0.580. The van der Waals surface area contributed by atoms with Crippen molar-refractivity contribution in [2.45, 2.75) is 25.7 Å². The Labute approximate surface area is 159 Å². The van der Waals surface area contributed by atoms with Gasteiger partial charge in [0.1, 0.15) is 0 Å². The monoisotopic (exact) mass is 391 g/mol. The summed E-state index contributed by atoms with van der Waals surface area (Å²) >= 11 is 0. The number of halogens is 2. The van der Waals surface area contributed by atoms with Crippen LogP contribution in [0.2, 0.25) is 0 Å². The van der Waals surface area contributed by atoms with Crippen LogP contribution in [0, 0.1) is 11.6 Å². The van der Waals surface area contributed by atoms with E-state index in [4.69, 9.17) is 9.47 Å². The lowest BCUT2D eigenvalue weighted by Crippen LogP contribution is -2.41. The van der Waals surface area contributed by atoms with E-state index in [1.54, 1.807) is 7.05 Å². The van der Waals surface area contributed by atoms with Crippen molar-refractivity contribution in [2.24, 2.45) is 0 Å². The summed E-state index contributed by atoms with van der Waals surface area (Å²) in [5.41, 5.74) is 2.93. The van der Waals surface area contributed by atoms with Crippen molar-refractivity contribution in [1.29, 1.82) is 0 Å². The van der Waals surface area contributed by atoms with Gasteiger partial charge in [0.05, 0.1) is 32.5 Å². The van der Waals surface area contributed by atoms with Crippen LogP contribution in [0.4, 0.5) is 19.3 Å². The molecule has 0 aliphatic carbocycles. The number of nitrogens with zero attached hydrogens (tertiary/aromatic N) is 1. The number of anilines is 1. The molecule has 1 aromatic carbocycles. The minimum atomic E-state index is -1.04. The van der Waals surface area contributed by atoms with Crippen molar-refractivity contribution < 1.29 is 23.0 Å². The van der Waals surface area contributed by atoms with Gasteiger partial charge in [0.2, 0.25) is 0 Å². The molecule has 0 fully saturated rings. The van der Waals surface area contributed by atoms with E-state index in [0.717, 1.165) is 23.3 Å². The van der Waals surface area contributed by atoms with Gasteiger partial charge in [0.25, 0.3) is 5.56 Å². The predicted octanol–water partition coefficient (Wildman–Crippen LogP) is 2.46. The molecule has 0 saturated heterocycles. The molecule has 2 aliphatic heterocycles. The van der Waals surface area contributed by atoms with Crippen LogP contribution in [0.25, 0.3) is 0 Å². The van der Waals surface area contributed by atoms with Gasteiger partial charge in [-0.1, -0.05) is 0 Å². The summed E-state index contributed by atoms with van der Waals surface area (Å²) in [6.45, 7) is 1.25. The number of hydrogen-bond donors (Lipinski definition) is 2. The highest BCUT2D eigenvalue weighted by Crippen LogP contribution is 2.33. The zero-order valence-corrected chi connectivity index (χ0v) is 15.2. The molecule has 0 spiro atoms. The van der Waals surface area contributed by atoms with Gasteiger partial charge >= 0.3 is 6.03 Å². The van der Waals surface area contributed by atoms with E-state index in [9.17, 15) is 18.4 Å². The molecule has 0 bridgehead atoms. The fourth-order valence-corrected chi connectivity index (χ4v) is 3.65. The number of ether oxygens (including phenoxy) is 2. The van der Waals surface area contributed by atoms with Crippen LogP contribution in [0.1, 0.15) is 28.4 Å². The van der Waals surface area contributed by atoms with E-state index >= 15 is 0 Å². The molecule has 2 N–H and O–H groups in total. The number of aromatic amines is 1. The number of likely N-dealkylation sites (N-methyl/N-ethyl adjacent to an activating group) is 1. The first-order valence-corrected chi connectivity index (χ1v) is 8.87. The third kappa shape index (κ3) is 3.27. The fraction of sp³-hybridized carbons (Fsp3) is 0.368. The van der Waals surface area contributed by atoms with Gasteiger partial charge in [0, 0.05) is 35.6 Å². The van der Waals surface area contributed by atoms with Crippen LogP contribution in [0.3, 0.4) is 0 Å². The minimum absolute atomic E-state index is 0.143. The van der Waals surface area contributed by atoms with Crippen molar-refractivity contribution in [3.8, 4) is 0 Å². The summed E-state index contributed by atoms with van der Waals surface area (Å²) in [5.74, 6) is -2.03. The number of nitrogens with one attached hydrogen (secondary N) is 2. The molecule has 9 heteroatoms. The first kappa shape index (κ1) is 18.6. The summed E-state index contributed by atoms with van der Waals surface area (Å²) in [4.78, 5) is 29.3. The quantitative estimate of drug-likeness (QED) is 0.824. The highest BCUT2D eigenvalue weighted by Gasteiger charge is 2.33. The van der Waals surface area contributed by atoms with Crippen molar-refractivity contribution in [3.05, 3.63) is 62.6 Å². The average Bonchev–Trinajstić information content (AvgIpc) is 2.70. The second-order valence-corrected chi connectivity index (χ2v) is 6.81. The maximum Gasteiger partial charge on any atom is 0.322 e. The van der Waals surface area contributed by atoms with E-state index in [2.05, 4.69) is 10.3 Å². The van der Waals surface area contributed by atoms with Gasteiger partial charge in [-0.2, -0.15) is 0 Å². The first-order chi connectivity index (χ1) is 13.5. The molecule has 0 radical (unpaired) electrons. The first-order valence-electron chi connectivity index (χ1n) is 8.87. The van der Waals surface area contributed by atoms with Crippen LogP contribution in [-0.2, 0) is 29.1 Å². The SMILES string of the molecule is CN(C(=O)Nc1ccc(F)c(F)c1)[C@@H]1COCc2[nH]c(=O)c3c(c21)CCOC3. The van der Waals surface area contributed by atoms with Gasteiger partial charge in [-0.15, -0.1) is 0 Å². The van der Waals surface area contributed by atoms with Crippen molar-refractivity contribution in [2.75, 3.05) is 25.6 Å². The molecule has 2 aliphatic rings. The van der Waals surface area contributed by atoms with Crippen molar-refractivity contribution >= 4 is 11.7 Å². The smallest absolute Gasteiger partial charge is 0.322 e. The second-order valence-electron chi connectivity index (χ2n) is 6.81. The topological polar surface area (TPSA) is 83.7 Å². The van der Waals surface area contributed by atoms with Gasteiger partial charge in [-0.3, -0.25) is 4.79 Å². The van der Waals surface area contributed by atoms with E-state index in [0.29, 0.717) is 24.3 Å². The lowest BCUT2D eigenvalue weighted by atomic mass is 9.91. The molecule has 1 atom stereocenters. The Morgan fingerprint density at radius 3 is 2.82 bits per heavy atom. The third-order valence-electron chi connectivity index (χ3n) is 5.11. The summed E-state index contributed by atoms with van der Waals surface area (Å²) < 4.78 is 37.5. The highest BCUT2D eigenvalue weighted by molar-refractivity contribution is 5.89. The Morgan fingerprint density at radius 1 is 1.21 bits per heavy atom. The third-order valence-corrected chi connectivity index (χ3v) is 5.11. The van der Waals surface area contributed by atoms with Crippen molar-refractivity contribution in [3.63, 3.8) is 0 Å². The number of pyridine rings is 1. The van der Waals surface area contributed by atoms with Gasteiger partial charge in [-0.05, 0) is 24.1 Å². The number of hydrogen-bond acceptors (Lipinski definition) is 4. The zero-order chi connectivity index (χ0) is 19.8. The number of rotatable bonds is 2. The largest absolute Gasteiger partial charge is 0.376 e. The molecular formula is C19H19F2N3O4. The Balaban J connectivity index is 1.64. The molecule has 2 amide bonds. The Morgan fingerprint density at radius 2 is 2.04 bits per heavy atom. The van der Waals surface area contributed by atoms with Gasteiger partial charge < -0.3 is 24.7 Å². The number of amides is 2. The van der Waals surface area contributed by atoms with Crippen LogP contribution in [0.15, 0.2) is 23.0 Å². The molecule has 4 rings (SSSR count). The second kappa shape index (κ2) is 7.33. The number of benzene rings is 1. The summed E-state index contributed by atoms with van der Waals surface area (Å²) in [5, 5.41) is 2.56. The molecule has 0 unspecified atom stereocenters. The number of H-pyrrole nitrogens is 1. The normalized spacial score (nSPS) is 18.2. The van der Waals surface area contributed by atoms with Gasteiger partial charge in [0.15, 0.2) is 11.6 Å². The summed E-state index contributed by atoms with van der Waals surface area (Å²) in [6, 6.07) is 2.22. The predicted molar refractivity (Wildman–Crippen MR) is 96.0 cm³/mol. The zero-order valence-electron chi connectivity index (χ0n) is 15.2. The number of aromatic nitrogens is 1. The molecule has 3 heterocycles. The molecular weight excluding hydrogens is 372 g/mol. The van der Waals surface area contributed by atoms with Gasteiger partial charge in [-0.25, -0.2) is 13.6 Å². The average molecular weight is 391 g/mol. The Kier molecular flexibility index (Phi) is 4.86. The summed E-state index contributed by atoms with van der Waals surface area (Å²) in [7, 11) is 1.59. The standard InChI is InChI=1S/C19H19F2N3O4/c1-24(19(26)22-10-2-3-13(20)14(21)6-10)16-9-28-8-15-17(16)11-4-5-27-7-12(11)18(25)23-15/h2-3,6,16H,4-5,7-9H2,1H3,(H,22,26)(H,23,25)/t16-/m1/s1. The molecule has 28 heavy (non-hydrogen) atoms. The van der Waals surface area contributed by atoms with Crippen LogP contribution < -0.4 is 10.9 Å². The van der Waals surface area contributed by atoms with Crippen molar-refractivity contribution in [1.82, 2.24) is 9.88 Å². The van der Waals surface area contributed by atoms with E-state index in [1.807, 2.05) is 0 Å². The number of carbonyl (C=O) groups is 1. The molecule has 2 aromatic rings. The van der Waals surface area contributed by atoms with Crippen LogP contribution >= 0.6 is 0 Å². The number of urea groups is 1. The minimum Gasteiger partial charge on any atom is -0.376 e. The molecule has 0 saturated carbocycles. The maximum absolute atomic E-state index is 13.4. The van der Waals surface area contributed by atoms with E-state index in [1.165, 1.54) is 11.0 Å². The van der Waals surface area contributed by atoms with Crippen LogP contribution in [-0.4, -0.2) is 36.2 Å². The fourth-order valence-electron chi connectivity index (χ4n) is 3.65. The Hall–Kier alpha value is -2.78. The number of fused-ring (bicyclic) bond motifs is 3. The highest BCUT2D eigenvalue weighted by atomic mass is 19.2. The molecule has 1 aromatic heterocycles. The van der Waals surface area contributed by atoms with E-state index < -0.39 is 23.7 Å². The van der Waals surface area contributed by atoms with E-state index in [-0.39, 0.29) is 31.1 Å². The molecule has 7 nitrogen and oxygen atoms in total. The molecule has 148 valence electrons.